The molecule has 2 aromatic carbocycles. The van der Waals surface area contributed by atoms with E-state index >= 15 is 4.39 Å². The van der Waals surface area contributed by atoms with Crippen LogP contribution in [0, 0.1) is 0 Å². The van der Waals surface area contributed by atoms with E-state index in [0.29, 0.717) is 17.2 Å². The summed E-state index contributed by atoms with van der Waals surface area (Å²) in [4.78, 5) is 40.1. The number of benzene rings is 2. The molecule has 0 aliphatic heterocycles. The van der Waals surface area contributed by atoms with Gasteiger partial charge in [0.05, 0.1) is 20.3 Å². The minimum atomic E-state index is -4.81. The van der Waals surface area contributed by atoms with E-state index in [0.717, 1.165) is 14.0 Å². The summed E-state index contributed by atoms with van der Waals surface area (Å²) in [7, 11) is -3.84. The molecule has 10 nitrogen and oxygen atoms in total. The molecule has 1 unspecified atom stereocenters. The summed E-state index contributed by atoms with van der Waals surface area (Å²) in [5.74, 6) is -1.26. The zero-order valence-electron chi connectivity index (χ0n) is 25.2. The number of halogens is 1. The molecule has 230 valence electrons. The number of methoxy groups -OCH3 is 1. The molecule has 2 rings (SSSR count). The molecular formula is C30H39FNO9P. The molecule has 0 bridgehead atoms. The minimum absolute atomic E-state index is 0.271. The number of nitrogens with zero attached hydrogens (tertiary/aromatic N) is 1. The van der Waals surface area contributed by atoms with Crippen LogP contribution in [0.5, 0.6) is 0 Å². The molecular weight excluding hydrogens is 568 g/mol. The number of amides is 2. The number of hydrogen-bond acceptors (Lipinski definition) is 9. The standard InChI is InChI=1S/C30H39FNO9P/c1-28(2,3)40-26(34)32(27(35)41-29(4,5)6)30(7,25(33)37-8)19-24(31)42(36,38-20-22-15-11-9-12-16-22)39-21-23-17-13-10-14-18-23/h9-19H,20-21H2,1-8H3. The molecule has 0 spiro atoms. The van der Waals surface area contributed by atoms with Gasteiger partial charge in [-0.15, -0.1) is 0 Å². The molecule has 1 atom stereocenters. The second kappa shape index (κ2) is 14.1. The maximum absolute atomic E-state index is 16.2. The van der Waals surface area contributed by atoms with Gasteiger partial charge in [-0.05, 0) is 65.7 Å². The van der Waals surface area contributed by atoms with Crippen LogP contribution in [0.4, 0.5) is 14.0 Å². The molecule has 0 saturated carbocycles. The van der Waals surface area contributed by atoms with Crippen molar-refractivity contribution in [2.24, 2.45) is 0 Å². The molecule has 2 amide bonds. The van der Waals surface area contributed by atoms with Crippen molar-refractivity contribution in [3.05, 3.63) is 83.4 Å². The average molecular weight is 608 g/mol. The van der Waals surface area contributed by atoms with Gasteiger partial charge in [-0.25, -0.2) is 14.4 Å². The lowest BCUT2D eigenvalue weighted by atomic mass is 10.0. The first-order chi connectivity index (χ1) is 19.4. The molecule has 0 aliphatic rings. The van der Waals surface area contributed by atoms with Gasteiger partial charge in [-0.2, -0.15) is 9.29 Å². The van der Waals surface area contributed by atoms with Crippen LogP contribution in [-0.2, 0) is 45.8 Å². The Bertz CT molecular complexity index is 1230. The second-order valence-electron chi connectivity index (χ2n) is 11.4. The molecule has 0 heterocycles. The van der Waals surface area contributed by atoms with Crippen molar-refractivity contribution < 1.29 is 46.6 Å². The van der Waals surface area contributed by atoms with Crippen molar-refractivity contribution in [2.45, 2.75) is 78.4 Å². The molecule has 0 aromatic heterocycles. The lowest BCUT2D eigenvalue weighted by Crippen LogP contribution is -2.59. The van der Waals surface area contributed by atoms with E-state index in [1.54, 1.807) is 60.7 Å². The summed E-state index contributed by atoms with van der Waals surface area (Å²) in [5, 5.41) is 0. The van der Waals surface area contributed by atoms with E-state index in [2.05, 4.69) is 0 Å². The number of esters is 1. The molecule has 0 N–H and O–H groups in total. The van der Waals surface area contributed by atoms with Crippen LogP contribution in [0.1, 0.15) is 59.6 Å². The van der Waals surface area contributed by atoms with Gasteiger partial charge in [0.15, 0.2) is 5.54 Å². The molecule has 0 radical (unpaired) electrons. The first-order valence-corrected chi connectivity index (χ1v) is 14.6. The average Bonchev–Trinajstić information content (AvgIpc) is 2.89. The van der Waals surface area contributed by atoms with Crippen LogP contribution < -0.4 is 0 Å². The smallest absolute Gasteiger partial charge is 0.421 e. The van der Waals surface area contributed by atoms with E-state index in [-0.39, 0.29) is 18.1 Å². The largest absolute Gasteiger partial charge is 0.467 e. The Morgan fingerprint density at radius 2 is 1.14 bits per heavy atom. The fourth-order valence-corrected chi connectivity index (χ4v) is 4.80. The highest BCUT2D eigenvalue weighted by atomic mass is 31.2. The van der Waals surface area contributed by atoms with E-state index in [1.807, 2.05) is 0 Å². The van der Waals surface area contributed by atoms with Crippen LogP contribution in [0.3, 0.4) is 0 Å². The van der Waals surface area contributed by atoms with Crippen molar-refractivity contribution in [1.29, 1.82) is 0 Å². The van der Waals surface area contributed by atoms with Crippen LogP contribution in [0.2, 0.25) is 0 Å². The predicted octanol–water partition coefficient (Wildman–Crippen LogP) is 7.53. The monoisotopic (exact) mass is 607 g/mol. The van der Waals surface area contributed by atoms with Crippen LogP contribution in [0.25, 0.3) is 0 Å². The highest BCUT2D eigenvalue weighted by molar-refractivity contribution is 7.58. The lowest BCUT2D eigenvalue weighted by molar-refractivity contribution is -0.150. The Labute approximate surface area is 246 Å². The quantitative estimate of drug-likeness (QED) is 0.153. The van der Waals surface area contributed by atoms with Crippen molar-refractivity contribution in [3.63, 3.8) is 0 Å². The number of carbonyl (C=O) groups excluding carboxylic acids is 3. The summed E-state index contributed by atoms with van der Waals surface area (Å²) in [6.07, 6.45) is -2.18. The van der Waals surface area contributed by atoms with E-state index in [1.165, 1.54) is 41.5 Å². The summed E-state index contributed by atoms with van der Waals surface area (Å²) in [6.45, 7) is 9.60. The van der Waals surface area contributed by atoms with Crippen LogP contribution in [-0.4, -0.2) is 46.9 Å². The fraction of sp³-hybridized carbons (Fsp3) is 0.433. The first-order valence-electron chi connectivity index (χ1n) is 13.1. The highest BCUT2D eigenvalue weighted by Crippen LogP contribution is 2.58. The van der Waals surface area contributed by atoms with Crippen molar-refractivity contribution in [3.8, 4) is 0 Å². The molecule has 0 saturated heterocycles. The summed E-state index contributed by atoms with van der Waals surface area (Å²) in [5.41, 5.74) is -5.21. The van der Waals surface area contributed by atoms with Crippen molar-refractivity contribution >= 4 is 25.8 Å². The maximum Gasteiger partial charge on any atom is 0.421 e. The van der Waals surface area contributed by atoms with Crippen LogP contribution >= 0.6 is 7.60 Å². The number of rotatable bonds is 10. The van der Waals surface area contributed by atoms with Gasteiger partial charge in [0, 0.05) is 0 Å². The topological polar surface area (TPSA) is 118 Å². The van der Waals surface area contributed by atoms with Gasteiger partial charge in [0.1, 0.15) is 11.2 Å². The Kier molecular flexibility index (Phi) is 11.6. The Hall–Kier alpha value is -3.53. The molecule has 2 aromatic rings. The Balaban J connectivity index is 2.65. The Morgan fingerprint density at radius 3 is 1.48 bits per heavy atom. The summed E-state index contributed by atoms with van der Waals surface area (Å²) in [6, 6.07) is 17.1. The predicted molar refractivity (Wildman–Crippen MR) is 154 cm³/mol. The number of hydrogen-bond donors (Lipinski definition) is 0. The van der Waals surface area contributed by atoms with Gasteiger partial charge >= 0.3 is 25.8 Å². The van der Waals surface area contributed by atoms with Gasteiger partial charge in [-0.1, -0.05) is 60.7 Å². The summed E-state index contributed by atoms with van der Waals surface area (Å²) >= 11 is 0. The normalized spacial score (nSPS) is 14.0. The third-order valence-corrected chi connectivity index (χ3v) is 6.96. The van der Waals surface area contributed by atoms with Gasteiger partial charge < -0.3 is 14.2 Å². The lowest BCUT2D eigenvalue weighted by Gasteiger charge is -2.37. The van der Waals surface area contributed by atoms with E-state index in [9.17, 15) is 18.9 Å². The molecule has 12 heteroatoms. The molecule has 0 fully saturated rings. The maximum atomic E-state index is 16.2. The third kappa shape index (κ3) is 10.1. The zero-order chi connectivity index (χ0) is 31.8. The minimum Gasteiger partial charge on any atom is -0.467 e. The van der Waals surface area contributed by atoms with Crippen LogP contribution in [0.15, 0.2) is 72.3 Å². The number of carbonyl (C=O) groups is 3. The van der Waals surface area contributed by atoms with E-state index in [4.69, 9.17) is 23.3 Å². The first kappa shape index (κ1) is 34.7. The summed E-state index contributed by atoms with van der Waals surface area (Å²) < 4.78 is 56.8. The van der Waals surface area contributed by atoms with Gasteiger partial charge in [0.2, 0.25) is 5.57 Å². The van der Waals surface area contributed by atoms with Crippen molar-refractivity contribution in [1.82, 2.24) is 4.90 Å². The second-order valence-corrected chi connectivity index (χ2v) is 13.4. The Morgan fingerprint density at radius 1 is 0.762 bits per heavy atom. The molecule has 0 aliphatic carbocycles. The van der Waals surface area contributed by atoms with Crippen molar-refractivity contribution in [2.75, 3.05) is 7.11 Å². The number of imide groups is 1. The zero-order valence-corrected chi connectivity index (χ0v) is 26.1. The van der Waals surface area contributed by atoms with Gasteiger partial charge in [-0.3, -0.25) is 13.6 Å². The van der Waals surface area contributed by atoms with Gasteiger partial charge in [0.25, 0.3) is 0 Å². The SMILES string of the molecule is COC(=O)C(C)(C=C(F)P(=O)(OCc1ccccc1)OCc1ccccc1)N(C(=O)OC(C)(C)C)C(=O)OC(C)(C)C. The third-order valence-electron chi connectivity index (χ3n) is 5.37. The van der Waals surface area contributed by atoms with E-state index < -0.39 is 48.1 Å². The highest BCUT2D eigenvalue weighted by Gasteiger charge is 2.51. The fourth-order valence-electron chi connectivity index (χ4n) is 3.43. The molecule has 42 heavy (non-hydrogen) atoms. The number of ether oxygens (including phenoxy) is 3.